The molecule has 1 heterocycles. The monoisotopic (exact) mass is 414 g/mol. The van der Waals surface area contributed by atoms with Crippen molar-refractivity contribution in [2.75, 3.05) is 6.61 Å². The van der Waals surface area contributed by atoms with Crippen molar-refractivity contribution in [2.45, 2.75) is 39.3 Å². The highest BCUT2D eigenvalue weighted by atomic mass is 127. The molecule has 0 spiro atoms. The van der Waals surface area contributed by atoms with E-state index in [2.05, 4.69) is 58.9 Å². The highest BCUT2D eigenvalue weighted by Crippen LogP contribution is 2.23. The molecule has 114 valence electrons. The molecule has 0 N–H and O–H groups in total. The first-order valence-electron chi connectivity index (χ1n) is 7.24. The molecule has 0 fully saturated rings. The van der Waals surface area contributed by atoms with Crippen LogP contribution in [0.2, 0.25) is 25.7 Å². The lowest BCUT2D eigenvalue weighted by Gasteiger charge is -2.16. The Labute approximate surface area is 141 Å². The Kier molecular flexibility index (Phi) is 5.62. The van der Waals surface area contributed by atoms with E-state index in [0.29, 0.717) is 6.73 Å². The largest absolute Gasteiger partial charge is 0.361 e. The quantitative estimate of drug-likeness (QED) is 0.387. The average molecular weight is 414 g/mol. The molecule has 5 heteroatoms. The number of halogens is 1. The summed E-state index contributed by atoms with van der Waals surface area (Å²) in [5, 5.41) is 0. The number of aromatic nitrogens is 2. The van der Waals surface area contributed by atoms with E-state index in [9.17, 15) is 0 Å². The lowest BCUT2D eigenvalue weighted by Crippen LogP contribution is -2.22. The topological polar surface area (TPSA) is 27.1 Å². The van der Waals surface area contributed by atoms with Crippen LogP contribution in [0, 0.1) is 10.6 Å². The van der Waals surface area contributed by atoms with Gasteiger partial charge in [0, 0.05) is 20.2 Å². The van der Waals surface area contributed by atoms with Crippen LogP contribution in [0.5, 0.6) is 0 Å². The van der Waals surface area contributed by atoms with Crippen LogP contribution in [0.1, 0.15) is 5.69 Å². The van der Waals surface area contributed by atoms with Crippen LogP contribution in [0.15, 0.2) is 30.3 Å². The smallest absolute Gasteiger partial charge is 0.142 e. The third kappa shape index (κ3) is 4.65. The van der Waals surface area contributed by atoms with Crippen molar-refractivity contribution in [1.82, 2.24) is 9.55 Å². The predicted octanol–water partition coefficient (Wildman–Crippen LogP) is 4.78. The Hall–Kier alpha value is -0.663. The second-order valence-electron chi connectivity index (χ2n) is 6.45. The van der Waals surface area contributed by atoms with Gasteiger partial charge in [0.25, 0.3) is 0 Å². The van der Waals surface area contributed by atoms with E-state index in [1.165, 1.54) is 6.04 Å². The molecule has 0 aliphatic carbocycles. The Bertz CT molecular complexity index is 590. The van der Waals surface area contributed by atoms with Gasteiger partial charge in [0.05, 0.1) is 5.69 Å². The summed E-state index contributed by atoms with van der Waals surface area (Å²) in [6.07, 6.45) is 0. The fourth-order valence-corrected chi connectivity index (χ4v) is 3.26. The minimum absolute atomic E-state index is 0.577. The van der Waals surface area contributed by atoms with Crippen molar-refractivity contribution in [1.29, 1.82) is 0 Å². The van der Waals surface area contributed by atoms with Crippen molar-refractivity contribution >= 4 is 30.7 Å². The molecule has 0 atom stereocenters. The van der Waals surface area contributed by atoms with Crippen LogP contribution in [-0.4, -0.2) is 24.2 Å². The third-order valence-corrected chi connectivity index (χ3v) is 6.38. The summed E-state index contributed by atoms with van der Waals surface area (Å²) in [6.45, 7) is 10.6. The zero-order valence-corrected chi connectivity index (χ0v) is 16.3. The van der Waals surface area contributed by atoms with Crippen molar-refractivity contribution in [2.24, 2.45) is 0 Å². The van der Waals surface area contributed by atoms with Gasteiger partial charge in [0.2, 0.25) is 0 Å². The van der Waals surface area contributed by atoms with Crippen LogP contribution < -0.4 is 0 Å². The standard InChI is InChI=1S/C16H23IN2OSi/c1-13-15(17)19(12-20-10-11-21(2,3)4)16(18-13)14-8-6-5-7-9-14/h5-9H,10-12H2,1-4H3. The molecule has 0 aliphatic rings. The van der Waals surface area contributed by atoms with E-state index < -0.39 is 8.07 Å². The van der Waals surface area contributed by atoms with Gasteiger partial charge in [-0.05, 0) is 35.6 Å². The summed E-state index contributed by atoms with van der Waals surface area (Å²) in [4.78, 5) is 4.69. The van der Waals surface area contributed by atoms with Crippen molar-refractivity contribution in [3.8, 4) is 11.4 Å². The molecule has 3 nitrogen and oxygen atoms in total. The van der Waals surface area contributed by atoms with Crippen LogP contribution >= 0.6 is 22.6 Å². The minimum Gasteiger partial charge on any atom is -0.361 e. The van der Waals surface area contributed by atoms with Gasteiger partial charge in [0.15, 0.2) is 0 Å². The van der Waals surface area contributed by atoms with Crippen LogP contribution in [-0.2, 0) is 11.5 Å². The van der Waals surface area contributed by atoms with Crippen LogP contribution in [0.3, 0.4) is 0 Å². The van der Waals surface area contributed by atoms with Gasteiger partial charge in [0.1, 0.15) is 16.3 Å². The fraction of sp³-hybridized carbons (Fsp3) is 0.438. The zero-order valence-electron chi connectivity index (χ0n) is 13.2. The molecule has 0 bridgehead atoms. The molecule has 0 saturated heterocycles. The molecule has 0 aliphatic heterocycles. The number of nitrogens with zero attached hydrogens (tertiary/aromatic N) is 2. The van der Waals surface area contributed by atoms with Gasteiger partial charge in [-0.1, -0.05) is 50.0 Å². The fourth-order valence-electron chi connectivity index (χ4n) is 2.01. The number of ether oxygens (including phenoxy) is 1. The number of benzene rings is 1. The number of aryl methyl sites for hydroxylation is 1. The highest BCUT2D eigenvalue weighted by molar-refractivity contribution is 14.1. The van der Waals surface area contributed by atoms with Crippen molar-refractivity contribution < 1.29 is 4.74 Å². The summed E-state index contributed by atoms with van der Waals surface area (Å²) in [6, 6.07) is 11.5. The van der Waals surface area contributed by atoms with Gasteiger partial charge < -0.3 is 4.74 Å². The molecule has 1 aromatic heterocycles. The number of rotatable bonds is 6. The molecule has 0 radical (unpaired) electrons. The molecule has 1 aromatic carbocycles. The first-order valence-corrected chi connectivity index (χ1v) is 12.0. The Balaban J connectivity index is 2.12. The van der Waals surface area contributed by atoms with E-state index in [0.717, 1.165) is 27.4 Å². The summed E-state index contributed by atoms with van der Waals surface area (Å²) in [7, 11) is -1.03. The first-order chi connectivity index (χ1) is 9.88. The normalized spacial score (nSPS) is 11.9. The molecule has 0 unspecified atom stereocenters. The van der Waals surface area contributed by atoms with Gasteiger partial charge in [-0.15, -0.1) is 0 Å². The molecule has 2 aromatic rings. The second-order valence-corrected chi connectivity index (χ2v) is 13.1. The number of hydrogen-bond donors (Lipinski definition) is 0. The van der Waals surface area contributed by atoms with Crippen LogP contribution in [0.25, 0.3) is 11.4 Å². The predicted molar refractivity (Wildman–Crippen MR) is 99.2 cm³/mol. The van der Waals surface area contributed by atoms with E-state index >= 15 is 0 Å². The minimum atomic E-state index is -1.03. The summed E-state index contributed by atoms with van der Waals surface area (Å²) < 4.78 is 9.22. The summed E-state index contributed by atoms with van der Waals surface area (Å²) >= 11 is 2.35. The Morgan fingerprint density at radius 3 is 2.48 bits per heavy atom. The van der Waals surface area contributed by atoms with E-state index in [1.54, 1.807) is 0 Å². The molecule has 0 saturated carbocycles. The summed E-state index contributed by atoms with van der Waals surface area (Å²) in [5.74, 6) is 0.991. The lowest BCUT2D eigenvalue weighted by atomic mass is 10.2. The van der Waals surface area contributed by atoms with Crippen molar-refractivity contribution in [3.63, 3.8) is 0 Å². The maximum absolute atomic E-state index is 5.90. The maximum Gasteiger partial charge on any atom is 0.142 e. The third-order valence-electron chi connectivity index (χ3n) is 3.31. The molecule has 21 heavy (non-hydrogen) atoms. The highest BCUT2D eigenvalue weighted by Gasteiger charge is 2.15. The van der Waals surface area contributed by atoms with E-state index in [-0.39, 0.29) is 0 Å². The molecular weight excluding hydrogens is 391 g/mol. The SMILES string of the molecule is Cc1nc(-c2ccccc2)n(COCC[Si](C)(C)C)c1I. The second kappa shape index (κ2) is 7.06. The Morgan fingerprint density at radius 2 is 1.86 bits per heavy atom. The number of hydrogen-bond acceptors (Lipinski definition) is 2. The molecule has 2 rings (SSSR count). The van der Waals surface area contributed by atoms with Gasteiger partial charge in [-0.3, -0.25) is 4.57 Å². The van der Waals surface area contributed by atoms with E-state index in [4.69, 9.17) is 9.72 Å². The van der Waals surface area contributed by atoms with Gasteiger partial charge >= 0.3 is 0 Å². The molecular formula is C16H23IN2OSi. The van der Waals surface area contributed by atoms with E-state index in [1.807, 2.05) is 25.1 Å². The lowest BCUT2D eigenvalue weighted by molar-refractivity contribution is 0.0866. The zero-order chi connectivity index (χ0) is 15.5. The summed E-state index contributed by atoms with van der Waals surface area (Å²) in [5.41, 5.74) is 2.19. The maximum atomic E-state index is 5.90. The van der Waals surface area contributed by atoms with Gasteiger partial charge in [-0.2, -0.15) is 0 Å². The first kappa shape index (κ1) is 16.7. The number of imidazole rings is 1. The molecule has 0 amide bonds. The van der Waals surface area contributed by atoms with Gasteiger partial charge in [-0.25, -0.2) is 4.98 Å². The van der Waals surface area contributed by atoms with Crippen molar-refractivity contribution in [3.05, 3.63) is 39.7 Å². The average Bonchev–Trinajstić information content (AvgIpc) is 2.71. The Morgan fingerprint density at radius 1 is 1.19 bits per heavy atom. The van der Waals surface area contributed by atoms with Crippen LogP contribution in [0.4, 0.5) is 0 Å².